The molecule has 1 saturated heterocycles. The molecule has 1 aliphatic heterocycles. The molecule has 1 aliphatic carbocycles. The monoisotopic (exact) mass is 665 g/mol. The molecule has 2 atom stereocenters. The summed E-state index contributed by atoms with van der Waals surface area (Å²) in [6.45, 7) is 2.30. The fourth-order valence-electron chi connectivity index (χ4n) is 6.55. The molecule has 0 bridgehead atoms. The number of benzene rings is 3. The summed E-state index contributed by atoms with van der Waals surface area (Å²) >= 11 is 0. The van der Waals surface area contributed by atoms with Gasteiger partial charge in [-0.15, -0.1) is 10.2 Å². The Kier molecular flexibility index (Phi) is 10.9. The van der Waals surface area contributed by atoms with Crippen LogP contribution in [0.1, 0.15) is 48.0 Å². The number of hydrogen-bond donors (Lipinski definition) is 6. The zero-order valence-electron chi connectivity index (χ0n) is 27.6. The number of carbonyl (C=O) groups is 3. The van der Waals surface area contributed by atoms with Gasteiger partial charge >= 0.3 is 0 Å². The van der Waals surface area contributed by atoms with Gasteiger partial charge in [0.25, 0.3) is 5.91 Å². The third-order valence-electron chi connectivity index (χ3n) is 9.50. The highest BCUT2D eigenvalue weighted by Gasteiger charge is 2.29. The number of ether oxygens (including phenoxy) is 1. The van der Waals surface area contributed by atoms with Crippen molar-refractivity contribution in [2.24, 2.45) is 17.6 Å². The smallest absolute Gasteiger partial charge is 0.251 e. The summed E-state index contributed by atoms with van der Waals surface area (Å²) in [5.74, 6) is 0.773. The quantitative estimate of drug-likeness (QED) is 0.132. The first-order chi connectivity index (χ1) is 23.9. The van der Waals surface area contributed by atoms with Gasteiger partial charge in [0.1, 0.15) is 11.8 Å². The molecule has 1 aromatic heterocycles. The number of tetrazole rings is 1. The zero-order chi connectivity index (χ0) is 34.2. The SMILES string of the molecule is COc1cc(C(=O)N[C@@H]2CCNC2)ccc1-c1ccc(C[C@H](NC(=O)C2CCC(CN)CC2)C(=O)Nc2ccc(-c3nn[nH]n3)cc2)cc1. The molecule has 3 aromatic carbocycles. The van der Waals surface area contributed by atoms with E-state index in [9.17, 15) is 14.4 Å². The maximum atomic E-state index is 13.7. The van der Waals surface area contributed by atoms with Crippen molar-refractivity contribution in [1.29, 1.82) is 0 Å². The van der Waals surface area contributed by atoms with Gasteiger partial charge in [-0.05, 0) is 110 Å². The van der Waals surface area contributed by atoms with Gasteiger partial charge in [0.2, 0.25) is 17.6 Å². The van der Waals surface area contributed by atoms with Gasteiger partial charge in [-0.25, -0.2) is 0 Å². The van der Waals surface area contributed by atoms with Crippen molar-refractivity contribution < 1.29 is 19.1 Å². The van der Waals surface area contributed by atoms with E-state index in [1.165, 1.54) is 0 Å². The number of anilines is 1. The van der Waals surface area contributed by atoms with Gasteiger partial charge < -0.3 is 31.7 Å². The predicted octanol–water partition coefficient (Wildman–Crippen LogP) is 3.07. The molecule has 2 heterocycles. The molecule has 0 unspecified atom stereocenters. The van der Waals surface area contributed by atoms with Crippen LogP contribution in [0.3, 0.4) is 0 Å². The molecule has 4 aromatic rings. The van der Waals surface area contributed by atoms with Crippen LogP contribution in [0.5, 0.6) is 5.75 Å². The van der Waals surface area contributed by atoms with Crippen molar-refractivity contribution in [1.82, 2.24) is 36.6 Å². The molecule has 6 rings (SSSR count). The summed E-state index contributed by atoms with van der Waals surface area (Å²) in [6, 6.07) is 19.7. The fraction of sp³-hybridized carbons (Fsp3) is 0.389. The van der Waals surface area contributed by atoms with E-state index in [-0.39, 0.29) is 29.7 Å². The summed E-state index contributed by atoms with van der Waals surface area (Å²) in [5.41, 5.74) is 10.3. The van der Waals surface area contributed by atoms with E-state index >= 15 is 0 Å². The lowest BCUT2D eigenvalue weighted by Crippen LogP contribution is -2.48. The van der Waals surface area contributed by atoms with Crippen LogP contribution in [0, 0.1) is 11.8 Å². The Labute approximate surface area is 285 Å². The molecule has 0 radical (unpaired) electrons. The van der Waals surface area contributed by atoms with Gasteiger partial charge in [-0.3, -0.25) is 14.4 Å². The van der Waals surface area contributed by atoms with Crippen LogP contribution in [0.15, 0.2) is 66.7 Å². The second-order valence-corrected chi connectivity index (χ2v) is 12.8. The van der Waals surface area contributed by atoms with Crippen molar-refractivity contribution in [2.45, 2.75) is 50.6 Å². The second kappa shape index (κ2) is 15.8. The molecular formula is C36H43N9O4. The van der Waals surface area contributed by atoms with Crippen LogP contribution in [0.25, 0.3) is 22.5 Å². The Morgan fingerprint density at radius 2 is 1.71 bits per heavy atom. The lowest BCUT2D eigenvalue weighted by molar-refractivity contribution is -0.130. The standard InChI is InChI=1S/C36H43N9O4/c1-49-32-19-27(35(47)40-29-16-17-38-21-29)12-15-30(32)24-6-2-22(3-7-24)18-31(41-34(46)26-8-4-23(20-37)5-9-26)36(48)39-28-13-10-25(11-14-28)33-42-44-45-43-33/h2-3,6-7,10-15,19,23,26,29,31,38H,4-5,8-9,16-18,20-21,37H2,1H3,(H,39,48)(H,40,47)(H,41,46)(H,42,43,44,45)/t23?,26?,29-,31+/m1/s1. The average molecular weight is 666 g/mol. The first-order valence-corrected chi connectivity index (χ1v) is 16.8. The van der Waals surface area contributed by atoms with E-state index in [0.29, 0.717) is 41.7 Å². The van der Waals surface area contributed by atoms with E-state index in [0.717, 1.165) is 67.4 Å². The number of methoxy groups -OCH3 is 1. The maximum absolute atomic E-state index is 13.7. The summed E-state index contributed by atoms with van der Waals surface area (Å²) in [6.07, 6.45) is 4.54. The molecular weight excluding hydrogens is 622 g/mol. The van der Waals surface area contributed by atoms with E-state index in [4.69, 9.17) is 10.5 Å². The number of nitrogens with two attached hydrogens (primary N) is 1. The number of amides is 3. The van der Waals surface area contributed by atoms with Crippen LogP contribution in [-0.4, -0.2) is 77.2 Å². The minimum absolute atomic E-state index is 0.113. The molecule has 49 heavy (non-hydrogen) atoms. The number of hydrogen-bond acceptors (Lipinski definition) is 9. The molecule has 13 heteroatoms. The molecule has 1 saturated carbocycles. The number of aromatic amines is 1. The van der Waals surface area contributed by atoms with Crippen molar-refractivity contribution in [2.75, 3.05) is 32.1 Å². The highest BCUT2D eigenvalue weighted by molar-refractivity contribution is 5.98. The Hall–Kier alpha value is -5.14. The van der Waals surface area contributed by atoms with Crippen LogP contribution < -0.4 is 31.7 Å². The molecule has 0 spiro atoms. The van der Waals surface area contributed by atoms with Crippen LogP contribution >= 0.6 is 0 Å². The number of nitrogens with zero attached hydrogens (tertiary/aromatic N) is 3. The first kappa shape index (κ1) is 33.7. The lowest BCUT2D eigenvalue weighted by Gasteiger charge is -2.28. The summed E-state index contributed by atoms with van der Waals surface area (Å²) in [5, 5.41) is 26.3. The number of H-pyrrole nitrogens is 1. The topological polar surface area (TPSA) is 189 Å². The van der Waals surface area contributed by atoms with E-state index in [1.54, 1.807) is 43.5 Å². The normalized spacial score (nSPS) is 19.5. The van der Waals surface area contributed by atoms with Gasteiger partial charge in [-0.1, -0.05) is 24.3 Å². The zero-order valence-corrected chi connectivity index (χ0v) is 27.6. The minimum atomic E-state index is -0.801. The fourth-order valence-corrected chi connectivity index (χ4v) is 6.55. The molecule has 2 aliphatic rings. The highest BCUT2D eigenvalue weighted by Crippen LogP contribution is 2.32. The minimum Gasteiger partial charge on any atom is -0.496 e. The third-order valence-corrected chi connectivity index (χ3v) is 9.50. The summed E-state index contributed by atoms with van der Waals surface area (Å²) < 4.78 is 5.68. The summed E-state index contributed by atoms with van der Waals surface area (Å²) in [7, 11) is 1.59. The van der Waals surface area contributed by atoms with Crippen molar-refractivity contribution >= 4 is 23.4 Å². The highest BCUT2D eigenvalue weighted by atomic mass is 16.5. The number of carbonyl (C=O) groups excluding carboxylic acids is 3. The number of aromatic nitrogens is 4. The molecule has 13 nitrogen and oxygen atoms in total. The van der Waals surface area contributed by atoms with Gasteiger partial charge in [0.15, 0.2) is 0 Å². The van der Waals surface area contributed by atoms with Gasteiger partial charge in [-0.2, -0.15) is 5.21 Å². The van der Waals surface area contributed by atoms with E-state index in [1.807, 2.05) is 30.3 Å². The second-order valence-electron chi connectivity index (χ2n) is 12.8. The van der Waals surface area contributed by atoms with Crippen LogP contribution in [0.4, 0.5) is 5.69 Å². The van der Waals surface area contributed by atoms with E-state index < -0.39 is 6.04 Å². The van der Waals surface area contributed by atoms with Crippen LogP contribution in [0.2, 0.25) is 0 Å². The lowest BCUT2D eigenvalue weighted by atomic mass is 9.81. The van der Waals surface area contributed by atoms with Gasteiger partial charge in [0.05, 0.1) is 7.11 Å². The molecule has 256 valence electrons. The molecule has 2 fully saturated rings. The summed E-state index contributed by atoms with van der Waals surface area (Å²) in [4.78, 5) is 39.9. The predicted molar refractivity (Wildman–Crippen MR) is 186 cm³/mol. The number of nitrogens with one attached hydrogen (secondary N) is 5. The average Bonchev–Trinajstić information content (AvgIpc) is 3.87. The first-order valence-electron chi connectivity index (χ1n) is 16.8. The largest absolute Gasteiger partial charge is 0.496 e. The Morgan fingerprint density at radius 3 is 2.37 bits per heavy atom. The molecule has 3 amide bonds. The van der Waals surface area contributed by atoms with E-state index in [2.05, 4.69) is 41.9 Å². The third kappa shape index (κ3) is 8.48. The van der Waals surface area contributed by atoms with Crippen molar-refractivity contribution in [3.63, 3.8) is 0 Å². The molecule has 7 N–H and O–H groups in total. The maximum Gasteiger partial charge on any atom is 0.251 e. The van der Waals surface area contributed by atoms with Crippen LogP contribution in [-0.2, 0) is 16.0 Å². The Bertz CT molecular complexity index is 1710. The van der Waals surface area contributed by atoms with Crippen molar-refractivity contribution in [3.8, 4) is 28.3 Å². The van der Waals surface area contributed by atoms with Gasteiger partial charge in [0, 0.05) is 47.3 Å². The Balaban J connectivity index is 1.16. The Morgan fingerprint density at radius 1 is 0.959 bits per heavy atom. The van der Waals surface area contributed by atoms with Crippen molar-refractivity contribution in [3.05, 3.63) is 77.9 Å². The number of rotatable bonds is 12.